The molecule has 166 valence electrons. The van der Waals surface area contributed by atoms with Gasteiger partial charge in [0, 0.05) is 11.1 Å². The SMILES string of the molecule is C/C(=N\NC(=O)c1cc(-c2ccc(OCc3ccc(C)cc3)cc2)n[nH]1)c1cccc(O)c1. The number of rotatable bonds is 7. The first kappa shape index (κ1) is 21.8. The highest BCUT2D eigenvalue weighted by molar-refractivity contribution is 6.00. The number of amides is 1. The lowest BCUT2D eigenvalue weighted by Gasteiger charge is -2.07. The van der Waals surface area contributed by atoms with Gasteiger partial charge in [0.25, 0.3) is 5.91 Å². The maximum absolute atomic E-state index is 12.4. The Hall–Kier alpha value is -4.39. The number of aromatic amines is 1. The molecule has 0 radical (unpaired) electrons. The highest BCUT2D eigenvalue weighted by Crippen LogP contribution is 2.22. The van der Waals surface area contributed by atoms with Crippen LogP contribution in [0.3, 0.4) is 0 Å². The van der Waals surface area contributed by atoms with Crippen molar-refractivity contribution in [1.82, 2.24) is 15.6 Å². The zero-order chi connectivity index (χ0) is 23.2. The summed E-state index contributed by atoms with van der Waals surface area (Å²) in [5, 5.41) is 20.6. The van der Waals surface area contributed by atoms with Crippen molar-refractivity contribution >= 4 is 11.6 Å². The molecule has 0 saturated heterocycles. The molecule has 0 spiro atoms. The van der Waals surface area contributed by atoms with Crippen LogP contribution >= 0.6 is 0 Å². The predicted molar refractivity (Wildman–Crippen MR) is 127 cm³/mol. The number of ether oxygens (including phenoxy) is 1. The Balaban J connectivity index is 1.36. The first-order valence-electron chi connectivity index (χ1n) is 10.5. The van der Waals surface area contributed by atoms with E-state index in [1.165, 1.54) is 5.56 Å². The van der Waals surface area contributed by atoms with Crippen LogP contribution in [0, 0.1) is 6.92 Å². The van der Waals surface area contributed by atoms with Crippen LogP contribution in [0.2, 0.25) is 0 Å². The molecule has 0 atom stereocenters. The number of benzene rings is 3. The monoisotopic (exact) mass is 440 g/mol. The maximum Gasteiger partial charge on any atom is 0.289 e. The van der Waals surface area contributed by atoms with Gasteiger partial charge >= 0.3 is 0 Å². The zero-order valence-electron chi connectivity index (χ0n) is 18.4. The lowest BCUT2D eigenvalue weighted by atomic mass is 10.1. The van der Waals surface area contributed by atoms with Crippen molar-refractivity contribution < 1.29 is 14.6 Å². The molecule has 1 heterocycles. The number of phenolic OH excluding ortho intramolecular Hbond substituents is 1. The Bertz CT molecular complexity index is 1280. The van der Waals surface area contributed by atoms with Crippen molar-refractivity contribution in [3.8, 4) is 22.8 Å². The predicted octanol–water partition coefficient (Wildman–Crippen LogP) is 4.82. The van der Waals surface area contributed by atoms with E-state index in [0.717, 1.165) is 16.9 Å². The number of hydrazone groups is 1. The summed E-state index contributed by atoms with van der Waals surface area (Å²) >= 11 is 0. The van der Waals surface area contributed by atoms with Gasteiger partial charge < -0.3 is 9.84 Å². The number of nitrogens with one attached hydrogen (secondary N) is 2. The van der Waals surface area contributed by atoms with E-state index < -0.39 is 5.91 Å². The number of carbonyl (C=O) groups excluding carboxylic acids is 1. The average molecular weight is 441 g/mol. The van der Waals surface area contributed by atoms with Crippen molar-refractivity contribution in [3.05, 3.63) is 101 Å². The van der Waals surface area contributed by atoms with E-state index in [1.54, 1.807) is 37.3 Å². The number of carbonyl (C=O) groups is 1. The lowest BCUT2D eigenvalue weighted by Crippen LogP contribution is -2.19. The number of hydrogen-bond donors (Lipinski definition) is 3. The molecule has 4 aromatic rings. The third-order valence-electron chi connectivity index (χ3n) is 5.09. The molecule has 0 aliphatic heterocycles. The Morgan fingerprint density at radius 3 is 2.55 bits per heavy atom. The fraction of sp³-hybridized carbons (Fsp3) is 0.115. The highest BCUT2D eigenvalue weighted by atomic mass is 16.5. The zero-order valence-corrected chi connectivity index (χ0v) is 18.4. The first-order chi connectivity index (χ1) is 16.0. The smallest absolute Gasteiger partial charge is 0.289 e. The van der Waals surface area contributed by atoms with Gasteiger partial charge in [-0.15, -0.1) is 0 Å². The number of H-pyrrole nitrogens is 1. The molecule has 4 rings (SSSR count). The van der Waals surface area contributed by atoms with Crippen LogP contribution in [-0.4, -0.2) is 26.9 Å². The topological polar surface area (TPSA) is 99.6 Å². The minimum Gasteiger partial charge on any atom is -0.508 e. The van der Waals surface area contributed by atoms with Crippen LogP contribution < -0.4 is 10.2 Å². The van der Waals surface area contributed by atoms with Crippen LogP contribution in [-0.2, 0) is 6.61 Å². The number of aryl methyl sites for hydroxylation is 1. The third-order valence-corrected chi connectivity index (χ3v) is 5.09. The second-order valence-electron chi connectivity index (χ2n) is 7.65. The Labute approximate surface area is 191 Å². The summed E-state index contributed by atoms with van der Waals surface area (Å²) in [4.78, 5) is 12.4. The lowest BCUT2D eigenvalue weighted by molar-refractivity contribution is 0.0950. The number of aromatic hydroxyl groups is 1. The molecule has 0 fully saturated rings. The molecule has 0 aliphatic carbocycles. The molecule has 7 heteroatoms. The second-order valence-corrected chi connectivity index (χ2v) is 7.65. The Morgan fingerprint density at radius 2 is 1.82 bits per heavy atom. The van der Waals surface area contributed by atoms with Gasteiger partial charge in [0.05, 0.1) is 11.4 Å². The van der Waals surface area contributed by atoms with E-state index in [9.17, 15) is 9.90 Å². The first-order valence-corrected chi connectivity index (χ1v) is 10.5. The van der Waals surface area contributed by atoms with Gasteiger partial charge in [-0.05, 0) is 61.9 Å². The fourth-order valence-electron chi connectivity index (χ4n) is 3.15. The van der Waals surface area contributed by atoms with Crippen molar-refractivity contribution in [1.29, 1.82) is 0 Å². The van der Waals surface area contributed by atoms with Gasteiger partial charge in [0.15, 0.2) is 0 Å². The minimum atomic E-state index is -0.411. The molecule has 0 bridgehead atoms. The summed E-state index contributed by atoms with van der Waals surface area (Å²) in [7, 11) is 0. The van der Waals surface area contributed by atoms with Gasteiger partial charge in [0.1, 0.15) is 23.8 Å². The van der Waals surface area contributed by atoms with Gasteiger partial charge in [-0.2, -0.15) is 10.2 Å². The maximum atomic E-state index is 12.4. The Morgan fingerprint density at radius 1 is 1.06 bits per heavy atom. The van der Waals surface area contributed by atoms with Crippen molar-refractivity contribution in [2.45, 2.75) is 20.5 Å². The number of aromatic nitrogens is 2. The number of hydrogen-bond acceptors (Lipinski definition) is 5. The summed E-state index contributed by atoms with van der Waals surface area (Å²) in [6, 6.07) is 24.1. The van der Waals surface area contributed by atoms with E-state index in [1.807, 2.05) is 24.3 Å². The minimum absolute atomic E-state index is 0.137. The van der Waals surface area contributed by atoms with Gasteiger partial charge in [-0.3, -0.25) is 9.89 Å². The quantitative estimate of drug-likeness (QED) is 0.283. The Kier molecular flexibility index (Phi) is 6.50. The highest BCUT2D eigenvalue weighted by Gasteiger charge is 2.11. The van der Waals surface area contributed by atoms with E-state index in [0.29, 0.717) is 23.6 Å². The molecule has 0 saturated carbocycles. The van der Waals surface area contributed by atoms with Crippen molar-refractivity contribution in [2.24, 2.45) is 5.10 Å². The molecule has 0 aliphatic rings. The molecule has 3 aromatic carbocycles. The van der Waals surface area contributed by atoms with Crippen LogP contribution in [0.1, 0.15) is 34.1 Å². The van der Waals surface area contributed by atoms with Crippen LogP contribution in [0.15, 0.2) is 84.0 Å². The van der Waals surface area contributed by atoms with Gasteiger partial charge in [-0.25, -0.2) is 5.43 Å². The largest absolute Gasteiger partial charge is 0.508 e. The summed E-state index contributed by atoms with van der Waals surface area (Å²) in [5.41, 5.74) is 7.89. The normalized spacial score (nSPS) is 11.3. The average Bonchev–Trinajstić information content (AvgIpc) is 3.33. The van der Waals surface area contributed by atoms with E-state index in [4.69, 9.17) is 4.74 Å². The third kappa shape index (κ3) is 5.65. The molecule has 1 amide bonds. The van der Waals surface area contributed by atoms with Gasteiger partial charge in [0.2, 0.25) is 0 Å². The second kappa shape index (κ2) is 9.82. The summed E-state index contributed by atoms with van der Waals surface area (Å²) in [6.07, 6.45) is 0. The summed E-state index contributed by atoms with van der Waals surface area (Å²) in [6.45, 7) is 4.30. The molecule has 0 unspecified atom stereocenters. The molecule has 33 heavy (non-hydrogen) atoms. The fourth-order valence-corrected chi connectivity index (χ4v) is 3.15. The standard InChI is InChI=1S/C26H24N4O3/c1-17-6-8-19(9-7-17)16-33-23-12-10-20(11-13-23)24-15-25(29-28-24)26(32)30-27-18(2)21-4-3-5-22(31)14-21/h3-15,31H,16H2,1-2H3,(H,28,29)(H,30,32)/b27-18+. The van der Waals surface area contributed by atoms with E-state index >= 15 is 0 Å². The number of phenols is 1. The van der Waals surface area contributed by atoms with Crippen molar-refractivity contribution in [2.75, 3.05) is 0 Å². The van der Waals surface area contributed by atoms with Crippen LogP contribution in [0.25, 0.3) is 11.3 Å². The van der Waals surface area contributed by atoms with E-state index in [2.05, 4.69) is 51.9 Å². The molecule has 7 nitrogen and oxygen atoms in total. The van der Waals surface area contributed by atoms with Crippen LogP contribution in [0.5, 0.6) is 11.5 Å². The molecule has 1 aromatic heterocycles. The summed E-state index contributed by atoms with van der Waals surface area (Å²) < 4.78 is 5.84. The molecular formula is C26H24N4O3. The van der Waals surface area contributed by atoms with Crippen LogP contribution in [0.4, 0.5) is 0 Å². The van der Waals surface area contributed by atoms with Crippen molar-refractivity contribution in [3.63, 3.8) is 0 Å². The molecule has 3 N–H and O–H groups in total. The molecular weight excluding hydrogens is 416 g/mol. The van der Waals surface area contributed by atoms with E-state index in [-0.39, 0.29) is 11.4 Å². The number of nitrogens with zero attached hydrogens (tertiary/aromatic N) is 2. The summed E-state index contributed by atoms with van der Waals surface area (Å²) in [5.74, 6) is 0.481. The van der Waals surface area contributed by atoms with Gasteiger partial charge in [-0.1, -0.05) is 42.0 Å².